The smallest absolute Gasteiger partial charge is 0.343 e. The van der Waals surface area contributed by atoms with Gasteiger partial charge in [0.05, 0.1) is 12.8 Å². The molecule has 1 unspecified atom stereocenters. The summed E-state index contributed by atoms with van der Waals surface area (Å²) < 4.78 is 4.74. The van der Waals surface area contributed by atoms with Gasteiger partial charge in [-0.3, -0.25) is 0 Å². The van der Waals surface area contributed by atoms with Crippen LogP contribution in [-0.2, 0) is 4.74 Å². The van der Waals surface area contributed by atoms with Crippen molar-refractivity contribution in [2.75, 3.05) is 38.3 Å². The van der Waals surface area contributed by atoms with Crippen LogP contribution in [0.3, 0.4) is 0 Å². The van der Waals surface area contributed by atoms with E-state index in [-0.39, 0.29) is 11.3 Å². The van der Waals surface area contributed by atoms with Gasteiger partial charge in [-0.05, 0) is 26.4 Å². The summed E-state index contributed by atoms with van der Waals surface area (Å²) in [5, 5.41) is 12.9. The van der Waals surface area contributed by atoms with E-state index in [4.69, 9.17) is 15.7 Å². The molecule has 0 bridgehead atoms. The summed E-state index contributed by atoms with van der Waals surface area (Å²) in [7, 11) is 3.39. The van der Waals surface area contributed by atoms with Gasteiger partial charge in [0.25, 0.3) is 0 Å². The van der Waals surface area contributed by atoms with Crippen LogP contribution in [0.1, 0.15) is 28.1 Å². The molecule has 1 fully saturated rings. The molecule has 7 heteroatoms. The van der Waals surface area contributed by atoms with E-state index in [1.807, 2.05) is 6.07 Å². The van der Waals surface area contributed by atoms with Crippen LogP contribution in [0.5, 0.6) is 0 Å². The third-order valence-corrected chi connectivity index (χ3v) is 4.67. The van der Waals surface area contributed by atoms with Crippen molar-refractivity contribution < 1.29 is 9.53 Å². The lowest BCUT2D eigenvalue weighted by Crippen LogP contribution is -2.31. The first-order chi connectivity index (χ1) is 9.58. The first-order valence-electron chi connectivity index (χ1n) is 6.43. The third kappa shape index (κ3) is 2.71. The number of nitrogen functional groups attached to an aromatic ring is 1. The number of nitrogens with zero attached hydrogens (tertiary/aromatic N) is 2. The number of likely N-dealkylation sites (N-methyl/N-ethyl adjacent to an activating group) is 1. The minimum atomic E-state index is -0.512. The number of nitrogens with two attached hydrogens (primary N) is 1. The second-order valence-corrected chi connectivity index (χ2v) is 5.83. The lowest BCUT2D eigenvalue weighted by Gasteiger charge is -2.20. The number of rotatable bonds is 4. The predicted octanol–water partition coefficient (Wildman–Crippen LogP) is 1.49. The van der Waals surface area contributed by atoms with E-state index in [0.717, 1.165) is 19.5 Å². The highest BCUT2D eigenvalue weighted by atomic mass is 32.1. The van der Waals surface area contributed by atoms with Gasteiger partial charge in [0.2, 0.25) is 0 Å². The maximum Gasteiger partial charge on any atom is 0.343 e. The van der Waals surface area contributed by atoms with Crippen molar-refractivity contribution in [1.29, 1.82) is 5.26 Å². The van der Waals surface area contributed by atoms with Gasteiger partial charge in [-0.1, -0.05) is 0 Å². The number of likely N-dealkylation sites (tertiary alicyclic amines) is 1. The lowest BCUT2D eigenvalue weighted by molar-refractivity contribution is 0.0603. The molecule has 2 heterocycles. The number of anilines is 2. The molecule has 0 aromatic carbocycles. The van der Waals surface area contributed by atoms with Gasteiger partial charge in [-0.25, -0.2) is 4.79 Å². The van der Waals surface area contributed by atoms with Crippen LogP contribution in [0.25, 0.3) is 0 Å². The zero-order valence-electron chi connectivity index (χ0n) is 11.6. The molecule has 3 N–H and O–H groups in total. The zero-order valence-corrected chi connectivity index (χ0v) is 12.4. The van der Waals surface area contributed by atoms with Gasteiger partial charge >= 0.3 is 5.97 Å². The van der Waals surface area contributed by atoms with Gasteiger partial charge in [0.15, 0.2) is 0 Å². The average molecular weight is 294 g/mol. The minimum absolute atomic E-state index is 0.201. The van der Waals surface area contributed by atoms with Crippen LogP contribution in [0, 0.1) is 11.3 Å². The molecule has 20 heavy (non-hydrogen) atoms. The zero-order chi connectivity index (χ0) is 14.7. The van der Waals surface area contributed by atoms with Crippen LogP contribution in [0.15, 0.2) is 0 Å². The van der Waals surface area contributed by atoms with Gasteiger partial charge in [-0.2, -0.15) is 5.26 Å². The fraction of sp³-hybridized carbons (Fsp3) is 0.538. The minimum Gasteiger partial charge on any atom is -0.465 e. The molecule has 1 aromatic rings. The van der Waals surface area contributed by atoms with Crippen LogP contribution >= 0.6 is 11.3 Å². The average Bonchev–Trinajstić information content (AvgIpc) is 2.99. The van der Waals surface area contributed by atoms with Crippen LogP contribution < -0.4 is 11.1 Å². The van der Waals surface area contributed by atoms with Crippen molar-refractivity contribution in [2.45, 2.75) is 18.9 Å². The van der Waals surface area contributed by atoms with E-state index in [1.54, 1.807) is 0 Å². The van der Waals surface area contributed by atoms with Gasteiger partial charge < -0.3 is 20.7 Å². The molecule has 0 spiro atoms. The second-order valence-electron chi connectivity index (χ2n) is 4.81. The van der Waals surface area contributed by atoms with Gasteiger partial charge in [0, 0.05) is 12.6 Å². The van der Waals surface area contributed by atoms with E-state index < -0.39 is 5.97 Å². The molecule has 6 nitrogen and oxygen atoms in total. The maximum absolute atomic E-state index is 11.8. The number of ether oxygens (including phenoxy) is 1. The quantitative estimate of drug-likeness (QED) is 0.818. The Morgan fingerprint density at radius 3 is 3.00 bits per heavy atom. The Labute approximate surface area is 122 Å². The molecule has 0 saturated carbocycles. The summed E-state index contributed by atoms with van der Waals surface area (Å²) in [6.07, 6.45) is 2.31. The van der Waals surface area contributed by atoms with E-state index in [1.165, 1.54) is 24.9 Å². The van der Waals surface area contributed by atoms with E-state index in [0.29, 0.717) is 15.9 Å². The van der Waals surface area contributed by atoms with E-state index in [2.05, 4.69) is 17.3 Å². The molecule has 0 aliphatic carbocycles. The highest BCUT2D eigenvalue weighted by Crippen LogP contribution is 2.35. The van der Waals surface area contributed by atoms with Crippen molar-refractivity contribution in [3.8, 4) is 6.07 Å². The Morgan fingerprint density at radius 2 is 2.45 bits per heavy atom. The summed E-state index contributed by atoms with van der Waals surface area (Å²) >= 11 is 1.20. The topological polar surface area (TPSA) is 91.4 Å². The maximum atomic E-state index is 11.8. The summed E-state index contributed by atoms with van der Waals surface area (Å²) in [4.78, 5) is 14.4. The Balaban J connectivity index is 2.18. The number of esters is 1. The number of nitrogens with one attached hydrogen (secondary N) is 1. The normalized spacial score (nSPS) is 18.8. The molecule has 1 atom stereocenters. The SMILES string of the molecule is COC(=O)c1c(NCC2CCCN2C)sc(C#N)c1N. The molecule has 1 saturated heterocycles. The third-order valence-electron chi connectivity index (χ3n) is 3.61. The molecule has 1 aromatic heterocycles. The van der Waals surface area contributed by atoms with Crippen molar-refractivity contribution >= 4 is 28.0 Å². The number of methoxy groups -OCH3 is 1. The number of hydrogen-bond donors (Lipinski definition) is 2. The highest BCUT2D eigenvalue weighted by Gasteiger charge is 2.25. The number of hydrogen-bond acceptors (Lipinski definition) is 7. The van der Waals surface area contributed by atoms with Crippen LogP contribution in [0.2, 0.25) is 0 Å². The number of carbonyl (C=O) groups is 1. The second kappa shape index (κ2) is 6.11. The lowest BCUT2D eigenvalue weighted by atomic mass is 10.2. The summed E-state index contributed by atoms with van der Waals surface area (Å²) in [5.74, 6) is -0.512. The predicted molar refractivity (Wildman–Crippen MR) is 78.9 cm³/mol. The fourth-order valence-electron chi connectivity index (χ4n) is 2.40. The Kier molecular flexibility index (Phi) is 4.47. The van der Waals surface area contributed by atoms with E-state index in [9.17, 15) is 4.79 Å². The largest absolute Gasteiger partial charge is 0.465 e. The summed E-state index contributed by atoms with van der Waals surface area (Å²) in [5.41, 5.74) is 6.31. The van der Waals surface area contributed by atoms with E-state index >= 15 is 0 Å². The Bertz CT molecular complexity index is 549. The first kappa shape index (κ1) is 14.6. The molecule has 0 radical (unpaired) electrons. The fourth-order valence-corrected chi connectivity index (χ4v) is 3.32. The van der Waals surface area contributed by atoms with Crippen molar-refractivity contribution in [1.82, 2.24) is 4.90 Å². The highest BCUT2D eigenvalue weighted by molar-refractivity contribution is 7.17. The van der Waals surface area contributed by atoms with Crippen LogP contribution in [-0.4, -0.2) is 44.2 Å². The first-order valence-corrected chi connectivity index (χ1v) is 7.25. The van der Waals surface area contributed by atoms with Crippen molar-refractivity contribution in [3.05, 3.63) is 10.4 Å². The van der Waals surface area contributed by atoms with Crippen molar-refractivity contribution in [3.63, 3.8) is 0 Å². The van der Waals surface area contributed by atoms with Gasteiger partial charge in [-0.15, -0.1) is 11.3 Å². The monoisotopic (exact) mass is 294 g/mol. The molecule has 1 aliphatic rings. The molecule has 1 aliphatic heterocycles. The number of thiophene rings is 1. The van der Waals surface area contributed by atoms with Gasteiger partial charge in [0.1, 0.15) is 21.5 Å². The standard InChI is InChI=1S/C13H18N4O2S/c1-17-5-3-4-8(17)7-16-12-10(13(18)19-2)11(15)9(6-14)20-12/h8,16H,3-5,7,15H2,1-2H3. The van der Waals surface area contributed by atoms with Crippen molar-refractivity contribution in [2.24, 2.45) is 0 Å². The number of nitriles is 1. The summed E-state index contributed by atoms with van der Waals surface area (Å²) in [6, 6.07) is 2.45. The molecular weight excluding hydrogens is 276 g/mol. The van der Waals surface area contributed by atoms with Crippen LogP contribution in [0.4, 0.5) is 10.7 Å². The Hall–Kier alpha value is -1.78. The molecule has 0 amide bonds. The molecule has 108 valence electrons. The Morgan fingerprint density at radius 1 is 1.70 bits per heavy atom. The molecule has 2 rings (SSSR count). The molecular formula is C13H18N4O2S. The number of carbonyl (C=O) groups excluding carboxylic acids is 1. The summed E-state index contributed by atoms with van der Waals surface area (Å²) in [6.45, 7) is 1.82.